The zero-order valence-corrected chi connectivity index (χ0v) is 12.0. The third-order valence-electron chi connectivity index (χ3n) is 3.30. The predicted octanol–water partition coefficient (Wildman–Crippen LogP) is 4.10. The van der Waals surface area contributed by atoms with Gasteiger partial charge in [-0.2, -0.15) is 0 Å². The highest BCUT2D eigenvalue weighted by Gasteiger charge is 2.14. The number of ether oxygens (including phenoxy) is 1. The minimum atomic E-state index is -0.222. The summed E-state index contributed by atoms with van der Waals surface area (Å²) in [6.07, 6.45) is 0.791. The van der Waals surface area contributed by atoms with Crippen LogP contribution in [-0.2, 0) is 0 Å². The molecule has 20 heavy (non-hydrogen) atoms. The zero-order valence-electron chi connectivity index (χ0n) is 11.3. The lowest BCUT2D eigenvalue weighted by atomic mass is 9.88. The molecule has 0 saturated carbocycles. The van der Waals surface area contributed by atoms with Crippen molar-refractivity contribution in [2.24, 2.45) is 0 Å². The average Bonchev–Trinajstić information content (AvgIpc) is 2.48. The summed E-state index contributed by atoms with van der Waals surface area (Å²) in [6.45, 7) is 0.648. The largest absolute Gasteiger partial charge is 0.497 e. The number of hydrogen-bond donors (Lipinski definition) is 1. The number of benzene rings is 2. The van der Waals surface area contributed by atoms with E-state index < -0.39 is 0 Å². The molecule has 1 unspecified atom stereocenters. The Bertz CT molecular complexity index is 544. The van der Waals surface area contributed by atoms with Gasteiger partial charge in [-0.05, 0) is 53.6 Å². The van der Waals surface area contributed by atoms with Crippen LogP contribution in [0.3, 0.4) is 0 Å². The molecular weight excluding hydrogens is 277 g/mol. The number of halogens is 2. The molecule has 1 N–H and O–H groups in total. The summed E-state index contributed by atoms with van der Waals surface area (Å²) >= 11 is 5.56. The highest BCUT2D eigenvalue weighted by Crippen LogP contribution is 2.29. The summed E-state index contributed by atoms with van der Waals surface area (Å²) in [7, 11) is 1.64. The maximum absolute atomic E-state index is 13.4. The Morgan fingerprint density at radius 1 is 1.15 bits per heavy atom. The average molecular weight is 294 g/mol. The van der Waals surface area contributed by atoms with Gasteiger partial charge in [0.1, 0.15) is 11.6 Å². The first-order valence-electron chi connectivity index (χ1n) is 6.47. The van der Waals surface area contributed by atoms with E-state index in [9.17, 15) is 4.39 Å². The zero-order chi connectivity index (χ0) is 14.4. The molecule has 0 heterocycles. The van der Waals surface area contributed by atoms with Gasteiger partial charge in [0.05, 0.1) is 7.11 Å². The Hall–Kier alpha value is -1.58. The summed E-state index contributed by atoms with van der Waals surface area (Å²) in [4.78, 5) is 2.63. The molecule has 0 fully saturated rings. The van der Waals surface area contributed by atoms with Crippen molar-refractivity contribution in [1.82, 2.24) is 4.84 Å². The summed E-state index contributed by atoms with van der Waals surface area (Å²) < 4.78 is 18.6. The van der Waals surface area contributed by atoms with Crippen LogP contribution in [0.25, 0.3) is 0 Å². The fraction of sp³-hybridized carbons (Fsp3) is 0.250. The topological polar surface area (TPSA) is 21.3 Å². The molecule has 2 aromatic carbocycles. The summed E-state index contributed by atoms with van der Waals surface area (Å²) in [5, 5.41) is 0. The van der Waals surface area contributed by atoms with Gasteiger partial charge in [0.2, 0.25) is 0 Å². The highest BCUT2D eigenvalue weighted by molar-refractivity contribution is 6.13. The minimum absolute atomic E-state index is 0.0999. The van der Waals surface area contributed by atoms with Crippen LogP contribution in [0.15, 0.2) is 48.5 Å². The molecule has 0 spiro atoms. The SMILES string of the molecule is COc1ccc(C(CCNCl)c2cccc(F)c2)cc1. The monoisotopic (exact) mass is 293 g/mol. The van der Waals surface area contributed by atoms with E-state index in [4.69, 9.17) is 16.5 Å². The van der Waals surface area contributed by atoms with Crippen LogP contribution in [-0.4, -0.2) is 13.7 Å². The van der Waals surface area contributed by atoms with Crippen LogP contribution in [0.4, 0.5) is 4.39 Å². The Morgan fingerprint density at radius 3 is 2.50 bits per heavy atom. The van der Waals surface area contributed by atoms with Crippen molar-refractivity contribution in [3.8, 4) is 5.75 Å². The first-order valence-corrected chi connectivity index (χ1v) is 6.85. The number of nitrogens with one attached hydrogen (secondary N) is 1. The smallest absolute Gasteiger partial charge is 0.123 e. The van der Waals surface area contributed by atoms with E-state index in [0.717, 1.165) is 23.3 Å². The lowest BCUT2D eigenvalue weighted by molar-refractivity contribution is 0.414. The molecule has 0 amide bonds. The van der Waals surface area contributed by atoms with Gasteiger partial charge >= 0.3 is 0 Å². The number of hydrogen-bond acceptors (Lipinski definition) is 2. The molecule has 0 radical (unpaired) electrons. The van der Waals surface area contributed by atoms with Gasteiger partial charge in [0.15, 0.2) is 0 Å². The molecule has 0 aliphatic carbocycles. The molecule has 0 saturated heterocycles. The van der Waals surface area contributed by atoms with Gasteiger partial charge in [0, 0.05) is 12.5 Å². The van der Waals surface area contributed by atoms with E-state index in [1.165, 1.54) is 6.07 Å². The van der Waals surface area contributed by atoms with Crippen LogP contribution in [0.1, 0.15) is 23.5 Å². The van der Waals surface area contributed by atoms with Crippen LogP contribution >= 0.6 is 11.8 Å². The van der Waals surface area contributed by atoms with E-state index in [1.54, 1.807) is 19.2 Å². The molecule has 106 valence electrons. The molecule has 0 bridgehead atoms. The van der Waals surface area contributed by atoms with Crippen molar-refractivity contribution < 1.29 is 9.13 Å². The van der Waals surface area contributed by atoms with Gasteiger partial charge < -0.3 is 4.74 Å². The van der Waals surface area contributed by atoms with E-state index in [-0.39, 0.29) is 11.7 Å². The van der Waals surface area contributed by atoms with E-state index >= 15 is 0 Å². The van der Waals surface area contributed by atoms with Gasteiger partial charge in [-0.15, -0.1) is 0 Å². The normalized spacial score (nSPS) is 12.2. The molecular formula is C16H17ClFNO. The Balaban J connectivity index is 2.30. The Kier molecular flexibility index (Phi) is 5.39. The lowest BCUT2D eigenvalue weighted by Crippen LogP contribution is -2.09. The molecule has 4 heteroatoms. The Labute approximate surface area is 123 Å². The summed E-state index contributed by atoms with van der Waals surface area (Å²) in [5.74, 6) is 0.685. The van der Waals surface area contributed by atoms with Gasteiger partial charge in [0.25, 0.3) is 0 Å². The third kappa shape index (κ3) is 3.71. The molecule has 0 aliphatic rings. The second-order valence-corrected chi connectivity index (χ2v) is 4.82. The van der Waals surface area contributed by atoms with Crippen molar-refractivity contribution in [3.05, 3.63) is 65.5 Å². The molecule has 2 rings (SSSR count). The summed E-state index contributed by atoms with van der Waals surface area (Å²) in [5.41, 5.74) is 2.06. The minimum Gasteiger partial charge on any atom is -0.497 e. The van der Waals surface area contributed by atoms with Crippen molar-refractivity contribution in [2.45, 2.75) is 12.3 Å². The van der Waals surface area contributed by atoms with Crippen LogP contribution < -0.4 is 9.57 Å². The van der Waals surface area contributed by atoms with Crippen molar-refractivity contribution >= 4 is 11.8 Å². The van der Waals surface area contributed by atoms with Gasteiger partial charge in [-0.25, -0.2) is 9.23 Å². The van der Waals surface area contributed by atoms with E-state index in [0.29, 0.717) is 6.54 Å². The number of rotatable bonds is 6. The molecule has 0 aliphatic heterocycles. The lowest BCUT2D eigenvalue weighted by Gasteiger charge is -2.18. The van der Waals surface area contributed by atoms with Crippen molar-refractivity contribution in [1.29, 1.82) is 0 Å². The van der Waals surface area contributed by atoms with Gasteiger partial charge in [-0.3, -0.25) is 0 Å². The first-order chi connectivity index (χ1) is 9.74. The fourth-order valence-corrected chi connectivity index (χ4v) is 2.39. The van der Waals surface area contributed by atoms with Crippen LogP contribution in [0, 0.1) is 5.82 Å². The number of methoxy groups -OCH3 is 1. The maximum atomic E-state index is 13.4. The molecule has 2 nitrogen and oxygen atoms in total. The highest BCUT2D eigenvalue weighted by atomic mass is 35.5. The van der Waals surface area contributed by atoms with E-state index in [1.807, 2.05) is 30.3 Å². The molecule has 1 atom stereocenters. The van der Waals surface area contributed by atoms with Crippen LogP contribution in [0.5, 0.6) is 5.75 Å². The van der Waals surface area contributed by atoms with Crippen molar-refractivity contribution in [2.75, 3.05) is 13.7 Å². The third-order valence-corrected chi connectivity index (χ3v) is 3.49. The molecule has 0 aromatic heterocycles. The Morgan fingerprint density at radius 2 is 1.90 bits per heavy atom. The second kappa shape index (κ2) is 7.27. The summed E-state index contributed by atoms with van der Waals surface area (Å²) in [6, 6.07) is 14.5. The standard InChI is InChI=1S/C16H17ClFNO/c1-20-15-7-5-12(6-8-15)16(9-10-19-17)13-3-2-4-14(18)11-13/h2-8,11,16,19H,9-10H2,1H3. The maximum Gasteiger partial charge on any atom is 0.123 e. The first kappa shape index (κ1) is 14.8. The van der Waals surface area contributed by atoms with E-state index in [2.05, 4.69) is 4.84 Å². The molecule has 2 aromatic rings. The fourth-order valence-electron chi connectivity index (χ4n) is 2.28. The van der Waals surface area contributed by atoms with Crippen molar-refractivity contribution in [3.63, 3.8) is 0 Å². The quantitative estimate of drug-likeness (QED) is 0.810. The second-order valence-electron chi connectivity index (χ2n) is 4.55. The van der Waals surface area contributed by atoms with Gasteiger partial charge in [-0.1, -0.05) is 24.3 Å². The van der Waals surface area contributed by atoms with Crippen LogP contribution in [0.2, 0.25) is 0 Å². The predicted molar refractivity (Wildman–Crippen MR) is 79.7 cm³/mol.